The van der Waals surface area contributed by atoms with Gasteiger partial charge in [-0.25, -0.2) is 0 Å². The Hall–Kier alpha value is -1.91. The van der Waals surface area contributed by atoms with Gasteiger partial charge in [-0.05, 0) is 24.3 Å². The molecule has 0 saturated carbocycles. The molecule has 0 radical (unpaired) electrons. The molecule has 1 rings (SSSR count). The van der Waals surface area contributed by atoms with Crippen molar-refractivity contribution < 1.29 is 19.0 Å². The molecule has 28 heavy (non-hydrogen) atoms. The maximum absolute atomic E-state index is 12.0. The van der Waals surface area contributed by atoms with Crippen molar-refractivity contribution in [3.63, 3.8) is 0 Å². The molecule has 0 saturated heterocycles. The zero-order valence-corrected chi connectivity index (χ0v) is 17.4. The van der Waals surface area contributed by atoms with Crippen molar-refractivity contribution in [3.8, 4) is 11.8 Å². The Bertz CT molecular complexity index is 591. The molecular weight excluding hydrogens is 356 g/mol. The third-order valence-corrected chi connectivity index (χ3v) is 3.63. The lowest BCUT2D eigenvalue weighted by Gasteiger charge is -2.09. The molecule has 0 unspecified atom stereocenters. The fourth-order valence-electron chi connectivity index (χ4n) is 2.20. The summed E-state index contributed by atoms with van der Waals surface area (Å²) in [5.41, 5.74) is 1.54. The van der Waals surface area contributed by atoms with E-state index in [1.807, 2.05) is 19.1 Å². The number of hydrogen-bond donors (Lipinski definition) is 2. The van der Waals surface area contributed by atoms with E-state index in [1.54, 1.807) is 12.1 Å². The van der Waals surface area contributed by atoms with E-state index in [4.69, 9.17) is 14.2 Å². The summed E-state index contributed by atoms with van der Waals surface area (Å²) in [7, 11) is 0. The van der Waals surface area contributed by atoms with E-state index in [-0.39, 0.29) is 5.91 Å². The molecule has 2 N–H and O–H groups in total. The average Bonchev–Trinajstić information content (AvgIpc) is 2.69. The van der Waals surface area contributed by atoms with Crippen LogP contribution in [0.2, 0.25) is 0 Å². The Balaban J connectivity index is 1.96. The van der Waals surface area contributed by atoms with Crippen molar-refractivity contribution in [1.29, 1.82) is 0 Å². The van der Waals surface area contributed by atoms with Gasteiger partial charge < -0.3 is 24.8 Å². The number of nitrogens with one attached hydrogen (secondary N) is 2. The van der Waals surface area contributed by atoms with Crippen molar-refractivity contribution in [2.24, 2.45) is 0 Å². The minimum atomic E-state index is -0.112. The normalized spacial score (nSPS) is 10.6. The number of carbonyl (C=O) groups excluding carboxylic acids is 1. The molecule has 0 spiro atoms. The van der Waals surface area contributed by atoms with E-state index in [0.29, 0.717) is 57.8 Å². The van der Waals surface area contributed by atoms with Gasteiger partial charge in [0.25, 0.3) is 5.91 Å². The molecule has 0 aliphatic carbocycles. The summed E-state index contributed by atoms with van der Waals surface area (Å²) in [5.74, 6) is 5.93. The first kappa shape index (κ1) is 24.1. The van der Waals surface area contributed by atoms with Gasteiger partial charge in [0, 0.05) is 36.7 Å². The minimum Gasteiger partial charge on any atom is -0.378 e. The van der Waals surface area contributed by atoms with Gasteiger partial charge in [-0.1, -0.05) is 32.6 Å². The fraction of sp³-hybridized carbons (Fsp3) is 0.591. The molecule has 1 aromatic rings. The number of hydrogen-bond acceptors (Lipinski definition) is 5. The first-order chi connectivity index (χ1) is 13.6. The first-order valence-corrected chi connectivity index (χ1v) is 9.97. The third-order valence-electron chi connectivity index (χ3n) is 3.63. The molecule has 0 heterocycles. The SMILES string of the molecule is CCC#Cc1ccc(C(=O)NCCOCCOCCOCCNC(C)C)cc1. The quantitative estimate of drug-likeness (QED) is 0.377. The third kappa shape index (κ3) is 12.5. The summed E-state index contributed by atoms with van der Waals surface area (Å²) in [6.07, 6.45) is 0.817. The van der Waals surface area contributed by atoms with Crippen LogP contribution >= 0.6 is 0 Å². The van der Waals surface area contributed by atoms with Crippen LogP contribution < -0.4 is 10.6 Å². The lowest BCUT2D eigenvalue weighted by Crippen LogP contribution is -2.27. The van der Waals surface area contributed by atoms with Crippen LogP contribution in [0.15, 0.2) is 24.3 Å². The number of carbonyl (C=O) groups is 1. The van der Waals surface area contributed by atoms with E-state index >= 15 is 0 Å². The van der Waals surface area contributed by atoms with Crippen molar-refractivity contribution in [2.45, 2.75) is 33.2 Å². The topological polar surface area (TPSA) is 68.8 Å². The molecule has 1 aromatic carbocycles. The van der Waals surface area contributed by atoms with Crippen molar-refractivity contribution in [3.05, 3.63) is 35.4 Å². The van der Waals surface area contributed by atoms with Crippen LogP contribution in [0.4, 0.5) is 0 Å². The first-order valence-electron chi connectivity index (χ1n) is 9.97. The molecule has 1 amide bonds. The summed E-state index contributed by atoms with van der Waals surface area (Å²) in [4.78, 5) is 12.0. The van der Waals surface area contributed by atoms with Crippen LogP contribution in [-0.2, 0) is 14.2 Å². The maximum Gasteiger partial charge on any atom is 0.251 e. The molecule has 0 bridgehead atoms. The zero-order valence-electron chi connectivity index (χ0n) is 17.4. The Kier molecular flexibility index (Phi) is 13.9. The Labute approximate surface area is 169 Å². The molecule has 6 nitrogen and oxygen atoms in total. The summed E-state index contributed by atoms with van der Waals surface area (Å²) >= 11 is 0. The fourth-order valence-corrected chi connectivity index (χ4v) is 2.20. The molecule has 0 atom stereocenters. The predicted octanol–water partition coefficient (Wildman–Crippen LogP) is 2.23. The van der Waals surface area contributed by atoms with Crippen molar-refractivity contribution in [1.82, 2.24) is 10.6 Å². The van der Waals surface area contributed by atoms with E-state index in [9.17, 15) is 4.79 Å². The maximum atomic E-state index is 12.0. The highest BCUT2D eigenvalue weighted by molar-refractivity contribution is 5.94. The molecule has 0 aromatic heterocycles. The number of amides is 1. The van der Waals surface area contributed by atoms with Gasteiger partial charge in [-0.2, -0.15) is 0 Å². The van der Waals surface area contributed by atoms with Gasteiger partial charge in [-0.3, -0.25) is 4.79 Å². The van der Waals surface area contributed by atoms with Crippen LogP contribution in [-0.4, -0.2) is 64.7 Å². The standard InChI is InChI=1S/C22H34N2O4/c1-4-5-6-20-7-9-21(10-8-20)22(25)24-12-14-27-16-18-28-17-15-26-13-11-23-19(2)3/h7-10,19,23H,4,11-18H2,1-3H3,(H,24,25). The average molecular weight is 391 g/mol. The Morgan fingerprint density at radius 3 is 2.07 bits per heavy atom. The largest absolute Gasteiger partial charge is 0.378 e. The van der Waals surface area contributed by atoms with E-state index < -0.39 is 0 Å². The highest BCUT2D eigenvalue weighted by Gasteiger charge is 2.04. The highest BCUT2D eigenvalue weighted by Crippen LogP contribution is 2.03. The summed E-state index contributed by atoms with van der Waals surface area (Å²) in [6.45, 7) is 10.8. The Morgan fingerprint density at radius 2 is 1.50 bits per heavy atom. The van der Waals surface area contributed by atoms with E-state index in [1.165, 1.54) is 0 Å². The van der Waals surface area contributed by atoms with Gasteiger partial charge in [0.05, 0.1) is 39.6 Å². The van der Waals surface area contributed by atoms with Gasteiger partial charge in [0.15, 0.2) is 0 Å². The van der Waals surface area contributed by atoms with E-state index in [2.05, 4.69) is 36.3 Å². The molecular formula is C22H34N2O4. The molecule has 156 valence electrons. The van der Waals surface area contributed by atoms with Crippen LogP contribution in [0.25, 0.3) is 0 Å². The van der Waals surface area contributed by atoms with Gasteiger partial charge in [-0.15, -0.1) is 0 Å². The monoisotopic (exact) mass is 390 g/mol. The summed E-state index contributed by atoms with van der Waals surface area (Å²) in [6, 6.07) is 7.76. The minimum absolute atomic E-state index is 0.112. The smallest absolute Gasteiger partial charge is 0.251 e. The van der Waals surface area contributed by atoms with Crippen LogP contribution in [0.5, 0.6) is 0 Å². The molecule has 0 aliphatic rings. The second kappa shape index (κ2) is 16.1. The summed E-state index contributed by atoms with van der Waals surface area (Å²) < 4.78 is 16.3. The zero-order chi connectivity index (χ0) is 20.5. The van der Waals surface area contributed by atoms with Gasteiger partial charge in [0.2, 0.25) is 0 Å². The van der Waals surface area contributed by atoms with Crippen LogP contribution in [0, 0.1) is 11.8 Å². The molecule has 6 heteroatoms. The van der Waals surface area contributed by atoms with E-state index in [0.717, 1.165) is 18.5 Å². The lowest BCUT2D eigenvalue weighted by atomic mass is 10.1. The second-order valence-corrected chi connectivity index (χ2v) is 6.43. The lowest BCUT2D eigenvalue weighted by molar-refractivity contribution is 0.0155. The number of rotatable bonds is 14. The molecule has 0 aliphatic heterocycles. The predicted molar refractivity (Wildman–Crippen MR) is 112 cm³/mol. The van der Waals surface area contributed by atoms with Crippen molar-refractivity contribution >= 4 is 5.91 Å². The van der Waals surface area contributed by atoms with Crippen LogP contribution in [0.1, 0.15) is 43.1 Å². The molecule has 0 fully saturated rings. The highest BCUT2D eigenvalue weighted by atomic mass is 16.5. The van der Waals surface area contributed by atoms with Crippen LogP contribution in [0.3, 0.4) is 0 Å². The van der Waals surface area contributed by atoms with Gasteiger partial charge in [0.1, 0.15) is 0 Å². The van der Waals surface area contributed by atoms with Gasteiger partial charge >= 0.3 is 0 Å². The summed E-state index contributed by atoms with van der Waals surface area (Å²) in [5, 5.41) is 6.12. The second-order valence-electron chi connectivity index (χ2n) is 6.43. The number of benzene rings is 1. The number of ether oxygens (including phenoxy) is 3. The van der Waals surface area contributed by atoms with Crippen molar-refractivity contribution in [2.75, 3.05) is 52.7 Å². The Morgan fingerprint density at radius 1 is 0.929 bits per heavy atom.